The average Bonchev–Trinajstić information content (AvgIpc) is 2.52. The highest BCUT2D eigenvalue weighted by Crippen LogP contribution is 2.43. The Balaban J connectivity index is 1.98. The van der Waals surface area contributed by atoms with Gasteiger partial charge in [0.15, 0.2) is 0 Å². The SMILES string of the molecule is CC1(C)C2CCCC(CC2)[N+]2(C)CCN1C2. The minimum Gasteiger partial charge on any atom is -0.310 e. The Morgan fingerprint density at radius 2 is 1.94 bits per heavy atom. The third-order valence-electron chi connectivity index (χ3n) is 6.01. The smallest absolute Gasteiger partial charge is 0.135 e. The largest absolute Gasteiger partial charge is 0.310 e. The number of likely N-dealkylation sites (N-methyl/N-ethyl adjacent to an activating group) is 1. The molecule has 1 saturated carbocycles. The number of hydrogen-bond donors (Lipinski definition) is 0. The van der Waals surface area contributed by atoms with E-state index in [4.69, 9.17) is 0 Å². The molecule has 3 rings (SSSR count). The zero-order valence-electron chi connectivity index (χ0n) is 11.2. The van der Waals surface area contributed by atoms with Crippen LogP contribution in [-0.2, 0) is 0 Å². The Morgan fingerprint density at radius 3 is 2.75 bits per heavy atom. The Labute approximate surface area is 100 Å². The van der Waals surface area contributed by atoms with Crippen molar-refractivity contribution < 1.29 is 4.48 Å². The quantitative estimate of drug-likeness (QED) is 0.570. The monoisotopic (exact) mass is 223 g/mol. The van der Waals surface area contributed by atoms with Gasteiger partial charge >= 0.3 is 0 Å². The Bertz CT molecular complexity index is 286. The van der Waals surface area contributed by atoms with E-state index >= 15 is 0 Å². The van der Waals surface area contributed by atoms with Gasteiger partial charge in [-0.1, -0.05) is 0 Å². The third-order valence-corrected chi connectivity index (χ3v) is 6.01. The van der Waals surface area contributed by atoms with Crippen molar-refractivity contribution in [3.8, 4) is 0 Å². The van der Waals surface area contributed by atoms with Crippen molar-refractivity contribution in [2.24, 2.45) is 5.92 Å². The highest BCUT2D eigenvalue weighted by atomic mass is 15.5. The van der Waals surface area contributed by atoms with E-state index in [-0.39, 0.29) is 0 Å². The summed E-state index contributed by atoms with van der Waals surface area (Å²) in [6.45, 7) is 9.03. The molecule has 0 aromatic carbocycles. The van der Waals surface area contributed by atoms with Gasteiger partial charge in [-0.15, -0.1) is 0 Å². The summed E-state index contributed by atoms with van der Waals surface area (Å²) < 4.78 is 1.34. The summed E-state index contributed by atoms with van der Waals surface area (Å²) in [6, 6.07) is 0.964. The molecule has 0 amide bonds. The molecule has 2 saturated heterocycles. The highest BCUT2D eigenvalue weighted by Gasteiger charge is 2.50. The van der Waals surface area contributed by atoms with Crippen LogP contribution < -0.4 is 0 Å². The van der Waals surface area contributed by atoms with E-state index < -0.39 is 0 Å². The van der Waals surface area contributed by atoms with Gasteiger partial charge in [-0.2, -0.15) is 0 Å². The standard InChI is InChI=1S/C14H27N2/c1-14(2)12-5-4-6-13(8-7-12)16(3)10-9-15(14)11-16/h12-13H,4-11H2,1-3H3/q+1. The van der Waals surface area contributed by atoms with Crippen LogP contribution in [0.4, 0.5) is 0 Å². The molecule has 2 heterocycles. The van der Waals surface area contributed by atoms with Crippen molar-refractivity contribution in [2.45, 2.75) is 57.5 Å². The second kappa shape index (κ2) is 3.46. The fraction of sp³-hybridized carbons (Fsp3) is 1.00. The topological polar surface area (TPSA) is 3.24 Å². The van der Waals surface area contributed by atoms with Crippen molar-refractivity contribution in [3.63, 3.8) is 0 Å². The van der Waals surface area contributed by atoms with Crippen molar-refractivity contribution in [3.05, 3.63) is 0 Å². The van der Waals surface area contributed by atoms with Gasteiger partial charge in [-0.25, -0.2) is 4.90 Å². The van der Waals surface area contributed by atoms with Crippen LogP contribution in [0.1, 0.15) is 46.0 Å². The second-order valence-electron chi connectivity index (χ2n) is 7.12. The molecule has 2 nitrogen and oxygen atoms in total. The molecule has 2 aliphatic heterocycles. The van der Waals surface area contributed by atoms with Crippen LogP contribution in [0.5, 0.6) is 0 Å². The summed E-state index contributed by atoms with van der Waals surface area (Å²) in [6.07, 6.45) is 7.39. The van der Waals surface area contributed by atoms with Gasteiger partial charge in [0, 0.05) is 5.54 Å². The van der Waals surface area contributed by atoms with Gasteiger partial charge in [-0.3, -0.25) is 0 Å². The van der Waals surface area contributed by atoms with E-state index in [1.807, 2.05) is 0 Å². The molecule has 0 spiro atoms. The molecule has 0 radical (unpaired) electrons. The molecule has 2 heteroatoms. The van der Waals surface area contributed by atoms with Crippen LogP contribution in [0.3, 0.4) is 0 Å². The molecule has 0 N–H and O–H groups in total. The fourth-order valence-corrected chi connectivity index (χ4v) is 4.52. The van der Waals surface area contributed by atoms with Crippen LogP contribution in [0.2, 0.25) is 0 Å². The fourth-order valence-electron chi connectivity index (χ4n) is 4.52. The van der Waals surface area contributed by atoms with E-state index in [0.717, 1.165) is 12.0 Å². The summed E-state index contributed by atoms with van der Waals surface area (Å²) in [5.41, 5.74) is 0.450. The predicted octanol–water partition coefficient (Wildman–Crippen LogP) is 2.45. The van der Waals surface area contributed by atoms with E-state index in [1.54, 1.807) is 0 Å². The predicted molar refractivity (Wildman–Crippen MR) is 67.1 cm³/mol. The Hall–Kier alpha value is -0.0800. The summed E-state index contributed by atoms with van der Waals surface area (Å²) in [7, 11) is 2.51. The van der Waals surface area contributed by atoms with E-state index in [2.05, 4.69) is 25.8 Å². The van der Waals surface area contributed by atoms with Crippen LogP contribution in [0, 0.1) is 5.92 Å². The first-order valence-electron chi connectivity index (χ1n) is 7.12. The maximum absolute atomic E-state index is 2.79. The lowest BCUT2D eigenvalue weighted by Gasteiger charge is -2.45. The Morgan fingerprint density at radius 1 is 1.12 bits per heavy atom. The van der Waals surface area contributed by atoms with Crippen molar-refractivity contribution in [2.75, 3.05) is 26.8 Å². The number of nitrogens with zero attached hydrogens (tertiary/aromatic N) is 2. The highest BCUT2D eigenvalue weighted by molar-refractivity contribution is 4.93. The summed E-state index contributed by atoms with van der Waals surface area (Å²) in [5.74, 6) is 0.948. The molecular formula is C14H27N2+. The van der Waals surface area contributed by atoms with Gasteiger partial charge in [0.1, 0.15) is 6.67 Å². The molecule has 16 heavy (non-hydrogen) atoms. The first-order valence-corrected chi connectivity index (χ1v) is 7.12. The average molecular weight is 223 g/mol. The van der Waals surface area contributed by atoms with Crippen molar-refractivity contribution in [1.82, 2.24) is 4.90 Å². The van der Waals surface area contributed by atoms with E-state index in [9.17, 15) is 0 Å². The Kier molecular flexibility index (Phi) is 2.38. The summed E-state index contributed by atoms with van der Waals surface area (Å²) >= 11 is 0. The minimum atomic E-state index is 0.450. The minimum absolute atomic E-state index is 0.450. The molecule has 0 aromatic rings. The molecule has 92 valence electrons. The zero-order chi connectivity index (χ0) is 11.4. The van der Waals surface area contributed by atoms with Crippen LogP contribution in [0.15, 0.2) is 0 Å². The van der Waals surface area contributed by atoms with Gasteiger partial charge in [0.2, 0.25) is 0 Å². The molecule has 3 aliphatic rings. The third kappa shape index (κ3) is 1.46. The van der Waals surface area contributed by atoms with E-state index in [1.165, 1.54) is 56.3 Å². The summed E-state index contributed by atoms with van der Waals surface area (Å²) in [5, 5.41) is 0. The van der Waals surface area contributed by atoms with Gasteiger partial charge in [-0.05, 0) is 51.9 Å². The molecule has 3 fully saturated rings. The molecule has 1 aliphatic carbocycles. The lowest BCUT2D eigenvalue weighted by molar-refractivity contribution is -0.927. The maximum atomic E-state index is 2.79. The van der Waals surface area contributed by atoms with Crippen LogP contribution >= 0.6 is 0 Å². The normalized spacial score (nSPS) is 50.8. The molecule has 4 atom stereocenters. The molecule has 0 aromatic heterocycles. The number of rotatable bonds is 0. The van der Waals surface area contributed by atoms with E-state index in [0.29, 0.717) is 5.54 Å². The lowest BCUT2D eigenvalue weighted by atomic mass is 9.80. The van der Waals surface area contributed by atoms with Crippen LogP contribution in [-0.4, -0.2) is 47.8 Å². The first-order chi connectivity index (χ1) is 7.52. The molecule has 4 bridgehead atoms. The van der Waals surface area contributed by atoms with Crippen LogP contribution in [0.25, 0.3) is 0 Å². The molecule has 4 unspecified atom stereocenters. The van der Waals surface area contributed by atoms with Gasteiger partial charge < -0.3 is 4.48 Å². The summed E-state index contributed by atoms with van der Waals surface area (Å²) in [4.78, 5) is 2.79. The first kappa shape index (κ1) is 11.0. The second-order valence-corrected chi connectivity index (χ2v) is 7.12. The molecular weight excluding hydrogens is 196 g/mol. The number of quaternary nitrogens is 1. The number of fused-ring (bicyclic) bond motifs is 6. The number of hydrogen-bond acceptors (Lipinski definition) is 1. The zero-order valence-corrected chi connectivity index (χ0v) is 11.2. The van der Waals surface area contributed by atoms with Gasteiger partial charge in [0.05, 0.1) is 26.2 Å². The van der Waals surface area contributed by atoms with Gasteiger partial charge in [0.25, 0.3) is 0 Å². The van der Waals surface area contributed by atoms with Crippen molar-refractivity contribution >= 4 is 0 Å². The lowest BCUT2D eigenvalue weighted by Crippen LogP contribution is -2.56. The van der Waals surface area contributed by atoms with Crippen molar-refractivity contribution in [1.29, 1.82) is 0 Å². The maximum Gasteiger partial charge on any atom is 0.135 e.